The van der Waals surface area contributed by atoms with E-state index >= 15 is 0 Å². The van der Waals surface area contributed by atoms with E-state index in [1.54, 1.807) is 24.3 Å². The van der Waals surface area contributed by atoms with Crippen LogP contribution >= 0.6 is 15.9 Å². The topological polar surface area (TPSA) is 69.7 Å². The maximum atomic E-state index is 12.7. The molecule has 0 radical (unpaired) electrons. The summed E-state index contributed by atoms with van der Waals surface area (Å²) >= 11 is 3.30. The number of hydrogen-bond acceptors (Lipinski definition) is 4. The van der Waals surface area contributed by atoms with Gasteiger partial charge in [-0.05, 0) is 41.9 Å². The second kappa shape index (κ2) is 7.74. The molecular formula is C15H22BrN3O3S. The van der Waals surface area contributed by atoms with Gasteiger partial charge in [0.25, 0.3) is 0 Å². The van der Waals surface area contributed by atoms with Gasteiger partial charge < -0.3 is 5.32 Å². The van der Waals surface area contributed by atoms with E-state index in [1.807, 2.05) is 18.7 Å². The Morgan fingerprint density at radius 3 is 2.39 bits per heavy atom. The summed E-state index contributed by atoms with van der Waals surface area (Å²) in [6.45, 7) is 6.02. The van der Waals surface area contributed by atoms with Crippen LogP contribution in [0.1, 0.15) is 13.8 Å². The molecule has 1 fully saturated rings. The summed E-state index contributed by atoms with van der Waals surface area (Å²) in [5.41, 5.74) is 0. The molecule has 1 aliphatic heterocycles. The van der Waals surface area contributed by atoms with Crippen molar-refractivity contribution < 1.29 is 13.2 Å². The monoisotopic (exact) mass is 403 g/mol. The summed E-state index contributed by atoms with van der Waals surface area (Å²) in [5, 5.41) is 2.85. The smallest absolute Gasteiger partial charge is 0.244 e. The fourth-order valence-electron chi connectivity index (χ4n) is 2.49. The zero-order valence-electron chi connectivity index (χ0n) is 13.3. The maximum Gasteiger partial charge on any atom is 0.244 e. The molecule has 1 amide bonds. The van der Waals surface area contributed by atoms with E-state index in [9.17, 15) is 13.2 Å². The average molecular weight is 404 g/mol. The summed E-state index contributed by atoms with van der Waals surface area (Å²) in [6.07, 6.45) is 0. The van der Waals surface area contributed by atoms with Gasteiger partial charge in [0.1, 0.15) is 0 Å². The Balaban J connectivity index is 1.96. The van der Waals surface area contributed by atoms with Crippen LogP contribution in [0, 0.1) is 0 Å². The van der Waals surface area contributed by atoms with Gasteiger partial charge in [0.2, 0.25) is 15.9 Å². The molecular weight excluding hydrogens is 382 g/mol. The van der Waals surface area contributed by atoms with Gasteiger partial charge in [0.15, 0.2) is 0 Å². The number of nitrogens with one attached hydrogen (secondary N) is 1. The molecule has 0 aliphatic carbocycles. The van der Waals surface area contributed by atoms with Crippen LogP contribution in [0.3, 0.4) is 0 Å². The molecule has 1 aromatic rings. The van der Waals surface area contributed by atoms with Crippen molar-refractivity contribution in [1.29, 1.82) is 0 Å². The number of amides is 1. The van der Waals surface area contributed by atoms with Crippen LogP contribution < -0.4 is 5.32 Å². The van der Waals surface area contributed by atoms with Crippen molar-refractivity contribution in [2.75, 3.05) is 32.7 Å². The molecule has 0 unspecified atom stereocenters. The summed E-state index contributed by atoms with van der Waals surface area (Å²) in [4.78, 5) is 14.0. The van der Waals surface area contributed by atoms with Crippen molar-refractivity contribution in [2.24, 2.45) is 0 Å². The number of hydrogen-bond donors (Lipinski definition) is 1. The lowest BCUT2D eigenvalue weighted by Gasteiger charge is -2.33. The number of piperazine rings is 1. The first-order valence-electron chi connectivity index (χ1n) is 7.57. The first-order valence-corrected chi connectivity index (χ1v) is 9.80. The van der Waals surface area contributed by atoms with E-state index in [0.29, 0.717) is 37.2 Å². The number of carbonyl (C=O) groups excluding carboxylic acids is 1. The second-order valence-electron chi connectivity index (χ2n) is 5.83. The van der Waals surface area contributed by atoms with E-state index in [4.69, 9.17) is 0 Å². The largest absolute Gasteiger partial charge is 0.353 e. The van der Waals surface area contributed by atoms with E-state index in [0.717, 1.165) is 0 Å². The van der Waals surface area contributed by atoms with Crippen LogP contribution in [0.15, 0.2) is 33.6 Å². The van der Waals surface area contributed by atoms with Gasteiger partial charge >= 0.3 is 0 Å². The molecule has 2 rings (SSSR count). The van der Waals surface area contributed by atoms with E-state index in [1.165, 1.54) is 4.31 Å². The summed E-state index contributed by atoms with van der Waals surface area (Å²) in [5.74, 6) is -0.0258. The highest BCUT2D eigenvalue weighted by Crippen LogP contribution is 2.25. The van der Waals surface area contributed by atoms with Gasteiger partial charge in [-0.2, -0.15) is 4.31 Å². The molecule has 8 heteroatoms. The first-order chi connectivity index (χ1) is 10.8. The zero-order chi connectivity index (χ0) is 17.0. The fourth-order valence-corrected chi connectivity index (χ4v) is 4.88. The van der Waals surface area contributed by atoms with E-state index in [-0.39, 0.29) is 16.8 Å². The third-order valence-corrected chi connectivity index (χ3v) is 6.51. The summed E-state index contributed by atoms with van der Waals surface area (Å²) < 4.78 is 27.4. The third kappa shape index (κ3) is 4.76. The highest BCUT2D eigenvalue weighted by Gasteiger charge is 2.30. The SMILES string of the molecule is CC(C)NC(=O)CN1CCN(S(=O)(=O)c2ccccc2Br)CC1. The van der Waals surface area contributed by atoms with Gasteiger partial charge in [-0.3, -0.25) is 9.69 Å². The molecule has 23 heavy (non-hydrogen) atoms. The Labute approximate surface area is 146 Å². The van der Waals surface area contributed by atoms with Crippen molar-refractivity contribution in [2.45, 2.75) is 24.8 Å². The number of rotatable bonds is 5. The number of halogens is 1. The van der Waals surface area contributed by atoms with Gasteiger partial charge in [-0.1, -0.05) is 12.1 Å². The van der Waals surface area contributed by atoms with Gasteiger partial charge in [0, 0.05) is 36.7 Å². The quantitative estimate of drug-likeness (QED) is 0.803. The Hall–Kier alpha value is -0.960. The molecule has 0 atom stereocenters. The molecule has 1 N–H and O–H groups in total. The summed E-state index contributed by atoms with van der Waals surface area (Å²) in [7, 11) is -3.50. The van der Waals surface area contributed by atoms with Crippen molar-refractivity contribution >= 4 is 31.9 Å². The van der Waals surface area contributed by atoms with Crippen molar-refractivity contribution in [3.63, 3.8) is 0 Å². The standard InChI is InChI=1S/C15H22BrN3O3S/c1-12(2)17-15(20)11-18-7-9-19(10-8-18)23(21,22)14-6-4-3-5-13(14)16/h3-6,12H,7-11H2,1-2H3,(H,17,20). The lowest BCUT2D eigenvalue weighted by molar-refractivity contribution is -0.123. The van der Waals surface area contributed by atoms with Crippen LogP contribution in [0.25, 0.3) is 0 Å². The number of sulfonamides is 1. The minimum absolute atomic E-state index is 0.0258. The molecule has 1 aliphatic rings. The van der Waals surface area contributed by atoms with Gasteiger partial charge in [-0.15, -0.1) is 0 Å². The predicted octanol–water partition coefficient (Wildman–Crippen LogP) is 1.28. The van der Waals surface area contributed by atoms with Crippen molar-refractivity contribution in [3.8, 4) is 0 Å². The number of benzene rings is 1. The fraction of sp³-hybridized carbons (Fsp3) is 0.533. The predicted molar refractivity (Wildman–Crippen MR) is 92.6 cm³/mol. The Morgan fingerprint density at radius 1 is 1.22 bits per heavy atom. The molecule has 1 aromatic carbocycles. The minimum atomic E-state index is -3.50. The van der Waals surface area contributed by atoms with Crippen molar-refractivity contribution in [1.82, 2.24) is 14.5 Å². The summed E-state index contributed by atoms with van der Waals surface area (Å²) in [6, 6.07) is 6.93. The molecule has 0 bridgehead atoms. The highest BCUT2D eigenvalue weighted by atomic mass is 79.9. The Kier molecular flexibility index (Phi) is 6.19. The molecule has 128 valence electrons. The van der Waals surface area contributed by atoms with Gasteiger partial charge in [-0.25, -0.2) is 8.42 Å². The van der Waals surface area contributed by atoms with E-state index in [2.05, 4.69) is 21.2 Å². The molecule has 0 aromatic heterocycles. The first kappa shape index (κ1) is 18.4. The lowest BCUT2D eigenvalue weighted by atomic mass is 10.3. The maximum absolute atomic E-state index is 12.7. The molecule has 1 saturated heterocycles. The van der Waals surface area contributed by atoms with Gasteiger partial charge in [0.05, 0.1) is 11.4 Å². The minimum Gasteiger partial charge on any atom is -0.353 e. The third-order valence-electron chi connectivity index (χ3n) is 3.60. The van der Waals surface area contributed by atoms with Crippen LogP contribution in [0.4, 0.5) is 0 Å². The van der Waals surface area contributed by atoms with Crippen LogP contribution in [0.5, 0.6) is 0 Å². The second-order valence-corrected chi connectivity index (χ2v) is 8.59. The lowest BCUT2D eigenvalue weighted by Crippen LogP contribution is -2.51. The number of carbonyl (C=O) groups is 1. The van der Waals surface area contributed by atoms with Crippen LogP contribution in [-0.4, -0.2) is 62.3 Å². The molecule has 1 heterocycles. The number of nitrogens with zero attached hydrogens (tertiary/aromatic N) is 2. The Morgan fingerprint density at radius 2 is 1.83 bits per heavy atom. The normalized spacial score (nSPS) is 17.4. The van der Waals surface area contributed by atoms with Crippen LogP contribution in [-0.2, 0) is 14.8 Å². The highest BCUT2D eigenvalue weighted by molar-refractivity contribution is 9.10. The van der Waals surface area contributed by atoms with Crippen molar-refractivity contribution in [3.05, 3.63) is 28.7 Å². The van der Waals surface area contributed by atoms with E-state index < -0.39 is 10.0 Å². The molecule has 0 spiro atoms. The Bertz CT molecular complexity index is 656. The molecule has 6 nitrogen and oxygen atoms in total. The zero-order valence-corrected chi connectivity index (χ0v) is 15.7. The molecule has 0 saturated carbocycles. The van der Waals surface area contributed by atoms with Crippen LogP contribution in [0.2, 0.25) is 0 Å². The average Bonchev–Trinajstić information content (AvgIpc) is 2.47.